The second-order valence-corrected chi connectivity index (χ2v) is 5.37. The molecule has 2 aromatic rings. The molecular formula is C19H22N2O3. The summed E-state index contributed by atoms with van der Waals surface area (Å²) in [5.74, 6) is -1.49. The number of aliphatic carboxylic acids is 1. The van der Waals surface area contributed by atoms with Crippen LogP contribution in [0.4, 0.5) is 5.69 Å². The Bertz CT molecular complexity index is 680. The van der Waals surface area contributed by atoms with E-state index >= 15 is 0 Å². The quantitative estimate of drug-likeness (QED) is 0.820. The molecule has 1 atom stereocenters. The molecule has 5 nitrogen and oxygen atoms in total. The van der Waals surface area contributed by atoms with Crippen LogP contribution in [0.25, 0.3) is 0 Å². The lowest BCUT2D eigenvalue weighted by Crippen LogP contribution is -2.33. The van der Waals surface area contributed by atoms with Gasteiger partial charge in [-0.3, -0.25) is 4.79 Å². The van der Waals surface area contributed by atoms with Crippen molar-refractivity contribution >= 4 is 17.6 Å². The molecule has 0 unspecified atom stereocenters. The van der Waals surface area contributed by atoms with E-state index in [2.05, 4.69) is 24.1 Å². The number of carboxylic acids is 1. The monoisotopic (exact) mass is 326 g/mol. The molecule has 0 radical (unpaired) electrons. The Balaban J connectivity index is 2.14. The van der Waals surface area contributed by atoms with Crippen molar-refractivity contribution in [1.29, 1.82) is 0 Å². The van der Waals surface area contributed by atoms with Gasteiger partial charge in [0.25, 0.3) is 5.91 Å². The summed E-state index contributed by atoms with van der Waals surface area (Å²) in [6, 6.07) is 14.8. The molecule has 2 aromatic carbocycles. The highest BCUT2D eigenvalue weighted by molar-refractivity contribution is 5.97. The van der Waals surface area contributed by atoms with Crippen LogP contribution in [0.15, 0.2) is 54.6 Å². The maximum absolute atomic E-state index is 12.4. The molecule has 24 heavy (non-hydrogen) atoms. The van der Waals surface area contributed by atoms with Gasteiger partial charge < -0.3 is 15.3 Å². The van der Waals surface area contributed by atoms with Crippen molar-refractivity contribution in [3.05, 3.63) is 65.7 Å². The molecule has 0 spiro atoms. The Morgan fingerprint density at radius 2 is 1.58 bits per heavy atom. The van der Waals surface area contributed by atoms with E-state index in [0.29, 0.717) is 11.1 Å². The van der Waals surface area contributed by atoms with Gasteiger partial charge in [-0.25, -0.2) is 4.79 Å². The second kappa shape index (κ2) is 8.15. The molecule has 0 saturated heterocycles. The number of anilines is 1. The molecule has 5 heteroatoms. The summed E-state index contributed by atoms with van der Waals surface area (Å²) in [5.41, 5.74) is 2.01. The molecule has 2 N–H and O–H groups in total. The third-order valence-electron chi connectivity index (χ3n) is 3.91. The SMILES string of the molecule is CCN(CC)c1ccc(C(=O)N[C@@H](C(=O)O)c2ccccc2)cc1. The number of nitrogens with zero attached hydrogens (tertiary/aromatic N) is 1. The molecule has 2 rings (SSSR count). The summed E-state index contributed by atoms with van der Waals surface area (Å²) in [6.07, 6.45) is 0. The van der Waals surface area contributed by atoms with Gasteiger partial charge in [0.05, 0.1) is 0 Å². The number of benzene rings is 2. The predicted molar refractivity (Wildman–Crippen MR) is 94.3 cm³/mol. The Hall–Kier alpha value is -2.82. The predicted octanol–water partition coefficient (Wildman–Crippen LogP) is 3.09. The van der Waals surface area contributed by atoms with E-state index in [1.54, 1.807) is 42.5 Å². The van der Waals surface area contributed by atoms with Crippen LogP contribution >= 0.6 is 0 Å². The highest BCUT2D eigenvalue weighted by atomic mass is 16.4. The zero-order valence-electron chi connectivity index (χ0n) is 13.9. The number of nitrogens with one attached hydrogen (secondary N) is 1. The number of hydrogen-bond acceptors (Lipinski definition) is 3. The topological polar surface area (TPSA) is 69.6 Å². The van der Waals surface area contributed by atoms with Crippen LogP contribution < -0.4 is 10.2 Å². The van der Waals surface area contributed by atoms with E-state index < -0.39 is 17.9 Å². The van der Waals surface area contributed by atoms with Crippen LogP contribution in [0.2, 0.25) is 0 Å². The smallest absolute Gasteiger partial charge is 0.330 e. The number of carbonyl (C=O) groups excluding carboxylic acids is 1. The molecule has 0 aliphatic heterocycles. The fourth-order valence-electron chi connectivity index (χ4n) is 2.56. The van der Waals surface area contributed by atoms with Crippen LogP contribution in [0.1, 0.15) is 35.8 Å². The minimum absolute atomic E-state index is 0.405. The fourth-order valence-corrected chi connectivity index (χ4v) is 2.56. The normalized spacial score (nSPS) is 11.6. The molecule has 1 amide bonds. The maximum atomic E-state index is 12.4. The van der Waals surface area contributed by atoms with Crippen molar-refractivity contribution in [1.82, 2.24) is 5.32 Å². The first-order valence-electron chi connectivity index (χ1n) is 8.00. The molecule has 0 fully saturated rings. The van der Waals surface area contributed by atoms with Crippen molar-refractivity contribution in [3.8, 4) is 0 Å². The third-order valence-corrected chi connectivity index (χ3v) is 3.91. The van der Waals surface area contributed by atoms with Crippen LogP contribution in [0.3, 0.4) is 0 Å². The number of carbonyl (C=O) groups is 2. The Morgan fingerprint density at radius 3 is 2.08 bits per heavy atom. The Kier molecular flexibility index (Phi) is 5.95. The number of hydrogen-bond donors (Lipinski definition) is 2. The van der Waals surface area contributed by atoms with Gasteiger partial charge in [-0.05, 0) is 43.7 Å². The average molecular weight is 326 g/mol. The Morgan fingerprint density at radius 1 is 1.00 bits per heavy atom. The van der Waals surface area contributed by atoms with Gasteiger partial charge >= 0.3 is 5.97 Å². The largest absolute Gasteiger partial charge is 0.479 e. The first kappa shape index (κ1) is 17.5. The molecule has 0 saturated carbocycles. The maximum Gasteiger partial charge on any atom is 0.330 e. The number of rotatable bonds is 7. The van der Waals surface area contributed by atoms with E-state index in [1.807, 2.05) is 12.1 Å². The summed E-state index contributed by atoms with van der Waals surface area (Å²) < 4.78 is 0. The lowest BCUT2D eigenvalue weighted by atomic mass is 10.1. The highest BCUT2D eigenvalue weighted by Crippen LogP contribution is 2.17. The standard InChI is InChI=1S/C19H22N2O3/c1-3-21(4-2)16-12-10-15(11-13-16)18(22)20-17(19(23)24)14-8-6-5-7-9-14/h5-13,17H,3-4H2,1-2H3,(H,20,22)(H,23,24)/t17-/m1/s1. The lowest BCUT2D eigenvalue weighted by Gasteiger charge is -2.21. The van der Waals surface area contributed by atoms with Gasteiger partial charge in [0, 0.05) is 24.3 Å². The van der Waals surface area contributed by atoms with E-state index in [9.17, 15) is 14.7 Å². The van der Waals surface area contributed by atoms with Crippen LogP contribution in [-0.2, 0) is 4.79 Å². The Labute approximate surface area is 141 Å². The van der Waals surface area contributed by atoms with Crippen LogP contribution in [0, 0.1) is 0 Å². The van der Waals surface area contributed by atoms with Crippen LogP contribution in [-0.4, -0.2) is 30.1 Å². The summed E-state index contributed by atoms with van der Waals surface area (Å²) in [4.78, 5) is 26.0. The van der Waals surface area contributed by atoms with E-state index in [-0.39, 0.29) is 0 Å². The first-order valence-corrected chi connectivity index (χ1v) is 8.00. The molecule has 0 bridgehead atoms. The summed E-state index contributed by atoms with van der Waals surface area (Å²) in [6.45, 7) is 5.91. The van der Waals surface area contributed by atoms with Crippen LogP contribution in [0.5, 0.6) is 0 Å². The molecule has 0 aliphatic rings. The molecule has 0 aliphatic carbocycles. The molecule has 0 heterocycles. The van der Waals surface area contributed by atoms with E-state index in [1.165, 1.54) is 0 Å². The molecule has 0 aromatic heterocycles. The van der Waals surface area contributed by atoms with Gasteiger partial charge in [0.15, 0.2) is 6.04 Å². The van der Waals surface area contributed by atoms with E-state index in [0.717, 1.165) is 18.8 Å². The summed E-state index contributed by atoms with van der Waals surface area (Å²) in [5, 5.41) is 12.0. The number of amides is 1. The van der Waals surface area contributed by atoms with Gasteiger partial charge in [-0.1, -0.05) is 30.3 Å². The minimum atomic E-state index is -1.09. The summed E-state index contributed by atoms with van der Waals surface area (Å²) >= 11 is 0. The first-order chi connectivity index (χ1) is 11.6. The third kappa shape index (κ3) is 4.13. The van der Waals surface area contributed by atoms with Gasteiger partial charge in [-0.15, -0.1) is 0 Å². The zero-order chi connectivity index (χ0) is 17.5. The highest BCUT2D eigenvalue weighted by Gasteiger charge is 2.22. The van der Waals surface area contributed by atoms with Gasteiger partial charge in [0.1, 0.15) is 0 Å². The van der Waals surface area contributed by atoms with Gasteiger partial charge in [-0.2, -0.15) is 0 Å². The van der Waals surface area contributed by atoms with Crippen molar-refractivity contribution in [3.63, 3.8) is 0 Å². The lowest BCUT2D eigenvalue weighted by molar-refractivity contribution is -0.139. The van der Waals surface area contributed by atoms with Crippen molar-refractivity contribution in [2.24, 2.45) is 0 Å². The van der Waals surface area contributed by atoms with Gasteiger partial charge in [0.2, 0.25) is 0 Å². The second-order valence-electron chi connectivity index (χ2n) is 5.37. The molecule has 126 valence electrons. The summed E-state index contributed by atoms with van der Waals surface area (Å²) in [7, 11) is 0. The minimum Gasteiger partial charge on any atom is -0.479 e. The van der Waals surface area contributed by atoms with Crippen molar-refractivity contribution in [2.45, 2.75) is 19.9 Å². The average Bonchev–Trinajstić information content (AvgIpc) is 2.61. The fraction of sp³-hybridized carbons (Fsp3) is 0.263. The number of carboxylic acid groups (broad SMARTS) is 1. The molecular weight excluding hydrogens is 304 g/mol. The van der Waals surface area contributed by atoms with Crippen molar-refractivity contribution in [2.75, 3.05) is 18.0 Å². The van der Waals surface area contributed by atoms with Crippen molar-refractivity contribution < 1.29 is 14.7 Å². The zero-order valence-corrected chi connectivity index (χ0v) is 13.9. The van der Waals surface area contributed by atoms with E-state index in [4.69, 9.17) is 0 Å².